The Bertz CT molecular complexity index is 514. The monoisotopic (exact) mass is 259 g/mol. The first-order valence-electron chi connectivity index (χ1n) is 7.31. The Labute approximate surface area is 116 Å². The second-order valence-electron chi connectivity index (χ2n) is 5.47. The lowest BCUT2D eigenvalue weighted by molar-refractivity contribution is 0.380. The summed E-state index contributed by atoms with van der Waals surface area (Å²) in [5, 5.41) is 0. The van der Waals surface area contributed by atoms with Crippen LogP contribution in [0.2, 0.25) is 0 Å². The highest BCUT2D eigenvalue weighted by Gasteiger charge is 2.10. The van der Waals surface area contributed by atoms with Gasteiger partial charge in [0.2, 0.25) is 0 Å². The summed E-state index contributed by atoms with van der Waals surface area (Å²) in [6, 6.07) is 8.46. The highest BCUT2D eigenvalue weighted by atomic mass is 15.2. The number of unbranched alkanes of at least 4 members (excludes halogenated alkanes) is 3. The molecule has 0 amide bonds. The van der Waals surface area contributed by atoms with Gasteiger partial charge in [0.1, 0.15) is 5.82 Å². The number of hydrogen-bond acceptors (Lipinski definition) is 2. The lowest BCUT2D eigenvalue weighted by atomic mass is 10.2. The van der Waals surface area contributed by atoms with Crippen LogP contribution in [0.1, 0.15) is 38.4 Å². The average Bonchev–Trinajstić information content (AvgIpc) is 2.72. The molecule has 2 rings (SSSR count). The van der Waals surface area contributed by atoms with Crippen molar-refractivity contribution in [2.45, 2.75) is 45.7 Å². The maximum absolute atomic E-state index is 4.77. The van der Waals surface area contributed by atoms with Gasteiger partial charge in [0, 0.05) is 6.54 Å². The first kappa shape index (κ1) is 14.1. The standard InChI is InChI=1S/C16H25N3/c1-4-5-6-9-12-19-15-11-8-7-10-14(15)17-16(19)13-18(2)3/h7-8,10-11H,4-6,9,12-13H2,1-3H3. The van der Waals surface area contributed by atoms with Crippen molar-refractivity contribution in [1.29, 1.82) is 0 Å². The summed E-state index contributed by atoms with van der Waals surface area (Å²) in [7, 11) is 4.20. The van der Waals surface area contributed by atoms with Gasteiger partial charge < -0.3 is 9.47 Å². The molecule has 3 heteroatoms. The maximum atomic E-state index is 4.77. The van der Waals surface area contributed by atoms with E-state index in [0.29, 0.717) is 0 Å². The Morgan fingerprint density at radius 1 is 1.11 bits per heavy atom. The second kappa shape index (κ2) is 6.71. The molecule has 104 valence electrons. The first-order valence-corrected chi connectivity index (χ1v) is 7.31. The Balaban J connectivity index is 2.21. The molecule has 19 heavy (non-hydrogen) atoms. The number of fused-ring (bicyclic) bond motifs is 1. The number of benzene rings is 1. The molecular weight excluding hydrogens is 234 g/mol. The van der Waals surface area contributed by atoms with E-state index in [-0.39, 0.29) is 0 Å². The van der Waals surface area contributed by atoms with E-state index < -0.39 is 0 Å². The molecule has 0 spiro atoms. The fourth-order valence-electron chi connectivity index (χ4n) is 2.48. The molecule has 0 atom stereocenters. The van der Waals surface area contributed by atoms with E-state index in [4.69, 9.17) is 4.98 Å². The lowest BCUT2D eigenvalue weighted by Crippen LogP contribution is -2.15. The number of aryl methyl sites for hydroxylation is 1. The number of aromatic nitrogens is 2. The Kier molecular flexibility index (Phi) is 4.97. The van der Waals surface area contributed by atoms with Crippen LogP contribution in [0, 0.1) is 0 Å². The Hall–Kier alpha value is -1.35. The van der Waals surface area contributed by atoms with Crippen LogP contribution >= 0.6 is 0 Å². The lowest BCUT2D eigenvalue weighted by Gasteiger charge is -2.12. The van der Waals surface area contributed by atoms with Gasteiger partial charge in [-0.2, -0.15) is 0 Å². The molecule has 0 aliphatic carbocycles. The van der Waals surface area contributed by atoms with E-state index in [1.165, 1.54) is 37.0 Å². The van der Waals surface area contributed by atoms with Crippen LogP contribution in [0.3, 0.4) is 0 Å². The van der Waals surface area contributed by atoms with Crippen molar-refractivity contribution in [2.75, 3.05) is 14.1 Å². The van der Waals surface area contributed by atoms with Gasteiger partial charge in [0.05, 0.1) is 17.6 Å². The van der Waals surface area contributed by atoms with Crippen molar-refractivity contribution in [3.05, 3.63) is 30.1 Å². The topological polar surface area (TPSA) is 21.1 Å². The largest absolute Gasteiger partial charge is 0.327 e. The number of rotatable bonds is 7. The third-order valence-electron chi connectivity index (χ3n) is 3.43. The highest BCUT2D eigenvalue weighted by molar-refractivity contribution is 5.75. The van der Waals surface area contributed by atoms with Gasteiger partial charge in [0.25, 0.3) is 0 Å². The van der Waals surface area contributed by atoms with Crippen LogP contribution in [-0.4, -0.2) is 28.5 Å². The van der Waals surface area contributed by atoms with Crippen molar-refractivity contribution in [3.63, 3.8) is 0 Å². The van der Waals surface area contributed by atoms with Crippen LogP contribution < -0.4 is 0 Å². The molecule has 0 saturated heterocycles. The van der Waals surface area contributed by atoms with E-state index in [1.54, 1.807) is 0 Å². The van der Waals surface area contributed by atoms with Crippen molar-refractivity contribution >= 4 is 11.0 Å². The van der Waals surface area contributed by atoms with E-state index in [0.717, 1.165) is 18.6 Å². The predicted octanol–water partition coefficient (Wildman–Crippen LogP) is 3.68. The zero-order valence-corrected chi connectivity index (χ0v) is 12.4. The first-order chi connectivity index (χ1) is 9.22. The summed E-state index contributed by atoms with van der Waals surface area (Å²) in [6.45, 7) is 4.25. The maximum Gasteiger partial charge on any atom is 0.124 e. The Morgan fingerprint density at radius 2 is 1.89 bits per heavy atom. The minimum absolute atomic E-state index is 0.905. The normalized spacial score (nSPS) is 11.6. The molecule has 1 heterocycles. The summed E-state index contributed by atoms with van der Waals surface area (Å²) in [5.74, 6) is 1.18. The number of para-hydroxylation sites is 2. The minimum atomic E-state index is 0.905. The van der Waals surface area contributed by atoms with Crippen LogP contribution in [0.15, 0.2) is 24.3 Å². The molecule has 2 aromatic rings. The zero-order chi connectivity index (χ0) is 13.7. The summed E-state index contributed by atoms with van der Waals surface area (Å²) < 4.78 is 2.39. The molecule has 0 unspecified atom stereocenters. The Morgan fingerprint density at radius 3 is 2.63 bits per heavy atom. The molecule has 1 aromatic carbocycles. The SMILES string of the molecule is CCCCCCn1c(CN(C)C)nc2ccccc21. The van der Waals surface area contributed by atoms with Crippen LogP contribution in [-0.2, 0) is 13.1 Å². The number of hydrogen-bond donors (Lipinski definition) is 0. The molecule has 0 bridgehead atoms. The quantitative estimate of drug-likeness (QED) is 0.707. The van der Waals surface area contributed by atoms with Crippen LogP contribution in [0.25, 0.3) is 11.0 Å². The minimum Gasteiger partial charge on any atom is -0.327 e. The van der Waals surface area contributed by atoms with Crippen molar-refractivity contribution in [2.24, 2.45) is 0 Å². The van der Waals surface area contributed by atoms with Crippen LogP contribution in [0.4, 0.5) is 0 Å². The van der Waals surface area contributed by atoms with Gasteiger partial charge in [-0.25, -0.2) is 4.98 Å². The van der Waals surface area contributed by atoms with Gasteiger partial charge in [-0.05, 0) is 32.6 Å². The van der Waals surface area contributed by atoms with Gasteiger partial charge in [-0.15, -0.1) is 0 Å². The molecule has 0 radical (unpaired) electrons. The summed E-state index contributed by atoms with van der Waals surface area (Å²) in [5.41, 5.74) is 2.39. The smallest absolute Gasteiger partial charge is 0.124 e. The summed E-state index contributed by atoms with van der Waals surface area (Å²) >= 11 is 0. The number of nitrogens with zero attached hydrogens (tertiary/aromatic N) is 3. The fourth-order valence-corrected chi connectivity index (χ4v) is 2.48. The molecule has 0 aliphatic rings. The van der Waals surface area contributed by atoms with Gasteiger partial charge in [0.15, 0.2) is 0 Å². The fraction of sp³-hybridized carbons (Fsp3) is 0.562. The van der Waals surface area contributed by atoms with Crippen LogP contribution in [0.5, 0.6) is 0 Å². The second-order valence-corrected chi connectivity index (χ2v) is 5.47. The van der Waals surface area contributed by atoms with Crippen molar-refractivity contribution in [1.82, 2.24) is 14.5 Å². The van der Waals surface area contributed by atoms with Gasteiger partial charge in [-0.1, -0.05) is 38.3 Å². The van der Waals surface area contributed by atoms with E-state index >= 15 is 0 Å². The predicted molar refractivity (Wildman–Crippen MR) is 81.3 cm³/mol. The van der Waals surface area contributed by atoms with Crippen molar-refractivity contribution in [3.8, 4) is 0 Å². The molecule has 3 nitrogen and oxygen atoms in total. The third kappa shape index (κ3) is 3.57. The molecule has 0 aliphatic heterocycles. The zero-order valence-electron chi connectivity index (χ0n) is 12.4. The third-order valence-corrected chi connectivity index (χ3v) is 3.43. The molecule has 0 N–H and O–H groups in total. The van der Waals surface area contributed by atoms with Gasteiger partial charge >= 0.3 is 0 Å². The van der Waals surface area contributed by atoms with E-state index in [1.807, 2.05) is 0 Å². The summed E-state index contributed by atoms with van der Waals surface area (Å²) in [4.78, 5) is 6.96. The number of imidazole rings is 1. The van der Waals surface area contributed by atoms with Crippen molar-refractivity contribution < 1.29 is 0 Å². The van der Waals surface area contributed by atoms with E-state index in [9.17, 15) is 0 Å². The highest BCUT2D eigenvalue weighted by Crippen LogP contribution is 2.18. The van der Waals surface area contributed by atoms with E-state index in [2.05, 4.69) is 54.8 Å². The summed E-state index contributed by atoms with van der Waals surface area (Å²) in [6.07, 6.45) is 5.17. The molecule has 0 fully saturated rings. The molecular formula is C16H25N3. The molecule has 0 saturated carbocycles. The molecule has 1 aromatic heterocycles. The van der Waals surface area contributed by atoms with Gasteiger partial charge in [-0.3, -0.25) is 0 Å². The average molecular weight is 259 g/mol.